The van der Waals surface area contributed by atoms with E-state index in [1.807, 2.05) is 0 Å². The van der Waals surface area contributed by atoms with Gasteiger partial charge in [0.2, 0.25) is 0 Å². The molecule has 15 heavy (non-hydrogen) atoms. The fourth-order valence-corrected chi connectivity index (χ4v) is 2.64. The van der Waals surface area contributed by atoms with Gasteiger partial charge in [-0.3, -0.25) is 0 Å². The van der Waals surface area contributed by atoms with Gasteiger partial charge in [0.1, 0.15) is 0 Å². The molecule has 2 rings (SSSR count). The van der Waals surface area contributed by atoms with Crippen molar-refractivity contribution in [2.24, 2.45) is 11.8 Å². The molecule has 0 aromatic heterocycles. The Kier molecular flexibility index (Phi) is 4.04. The zero-order chi connectivity index (χ0) is 10.7. The molecule has 1 heterocycles. The minimum absolute atomic E-state index is 0.722. The number of nitrogens with one attached hydrogen (secondary N) is 1. The van der Waals surface area contributed by atoms with Crippen LogP contribution in [-0.4, -0.2) is 37.1 Å². The molecular weight excluding hydrogens is 184 g/mol. The Morgan fingerprint density at radius 1 is 1.33 bits per heavy atom. The maximum absolute atomic E-state index is 3.62. The summed E-state index contributed by atoms with van der Waals surface area (Å²) in [6.07, 6.45) is 5.94. The van der Waals surface area contributed by atoms with Gasteiger partial charge in [-0.1, -0.05) is 33.1 Å². The number of rotatable bonds is 4. The van der Waals surface area contributed by atoms with Crippen LogP contribution in [0.4, 0.5) is 0 Å². The monoisotopic (exact) mass is 210 g/mol. The molecule has 1 atom stereocenters. The van der Waals surface area contributed by atoms with Gasteiger partial charge in [0.15, 0.2) is 0 Å². The summed E-state index contributed by atoms with van der Waals surface area (Å²) in [7, 11) is 0. The van der Waals surface area contributed by atoms with Crippen molar-refractivity contribution in [1.82, 2.24) is 10.2 Å². The molecule has 1 aliphatic carbocycles. The number of hydrogen-bond acceptors (Lipinski definition) is 2. The summed E-state index contributed by atoms with van der Waals surface area (Å²) in [4.78, 5) is 2.67. The van der Waals surface area contributed by atoms with Crippen LogP contribution in [0, 0.1) is 11.8 Å². The molecule has 1 N–H and O–H groups in total. The molecule has 0 spiro atoms. The first-order chi connectivity index (χ1) is 7.25. The highest BCUT2D eigenvalue weighted by molar-refractivity contribution is 4.81. The normalized spacial score (nSPS) is 29.4. The van der Waals surface area contributed by atoms with E-state index in [1.165, 1.54) is 51.9 Å². The molecule has 1 aliphatic heterocycles. The zero-order valence-electron chi connectivity index (χ0n) is 10.3. The predicted octanol–water partition coefficient (Wildman–Crippen LogP) is 2.11. The Bertz CT molecular complexity index is 187. The Hall–Kier alpha value is -0.0800. The third-order valence-corrected chi connectivity index (χ3v) is 4.17. The van der Waals surface area contributed by atoms with Gasteiger partial charge in [-0.05, 0) is 24.8 Å². The third kappa shape index (κ3) is 3.18. The van der Waals surface area contributed by atoms with Crippen LogP contribution in [0.15, 0.2) is 0 Å². The van der Waals surface area contributed by atoms with E-state index < -0.39 is 0 Å². The van der Waals surface area contributed by atoms with E-state index in [0.717, 1.165) is 17.9 Å². The number of piperazine rings is 1. The van der Waals surface area contributed by atoms with Crippen molar-refractivity contribution in [1.29, 1.82) is 0 Å². The van der Waals surface area contributed by atoms with Gasteiger partial charge < -0.3 is 10.2 Å². The van der Waals surface area contributed by atoms with E-state index >= 15 is 0 Å². The van der Waals surface area contributed by atoms with Gasteiger partial charge in [0.05, 0.1) is 0 Å². The summed E-state index contributed by atoms with van der Waals surface area (Å²) in [6.45, 7) is 9.71. The smallest absolute Gasteiger partial charge is 0.0218 e. The fraction of sp³-hybridized carbons (Fsp3) is 1.00. The maximum Gasteiger partial charge on any atom is 0.0218 e. The van der Waals surface area contributed by atoms with Crippen molar-refractivity contribution in [3.05, 3.63) is 0 Å². The van der Waals surface area contributed by atoms with Crippen LogP contribution >= 0.6 is 0 Å². The topological polar surface area (TPSA) is 15.3 Å². The highest BCUT2D eigenvalue weighted by Gasteiger charge is 2.23. The summed E-state index contributed by atoms with van der Waals surface area (Å²) < 4.78 is 0. The first-order valence-corrected chi connectivity index (χ1v) is 6.71. The second-order valence-electron chi connectivity index (χ2n) is 5.69. The van der Waals surface area contributed by atoms with Crippen molar-refractivity contribution in [3.63, 3.8) is 0 Å². The molecule has 1 saturated carbocycles. The minimum Gasteiger partial charge on any atom is -0.311 e. The lowest BCUT2D eigenvalue weighted by Gasteiger charge is -2.37. The van der Waals surface area contributed by atoms with Crippen molar-refractivity contribution in [2.75, 3.05) is 26.2 Å². The molecule has 0 bridgehead atoms. The number of hydrogen-bond donors (Lipinski definition) is 1. The highest BCUT2D eigenvalue weighted by atomic mass is 15.2. The summed E-state index contributed by atoms with van der Waals surface area (Å²) in [5, 5.41) is 3.62. The first-order valence-electron chi connectivity index (χ1n) is 6.71. The molecular formula is C13H26N2. The van der Waals surface area contributed by atoms with Gasteiger partial charge in [-0.2, -0.15) is 0 Å². The Balaban J connectivity index is 1.67. The second kappa shape index (κ2) is 5.31. The zero-order valence-corrected chi connectivity index (χ0v) is 10.3. The van der Waals surface area contributed by atoms with Crippen molar-refractivity contribution >= 4 is 0 Å². The Morgan fingerprint density at radius 3 is 2.73 bits per heavy atom. The van der Waals surface area contributed by atoms with E-state index in [9.17, 15) is 0 Å². The average molecular weight is 210 g/mol. The molecule has 0 aromatic carbocycles. The van der Waals surface area contributed by atoms with E-state index in [2.05, 4.69) is 24.1 Å². The summed E-state index contributed by atoms with van der Waals surface area (Å²) in [5.41, 5.74) is 0. The van der Waals surface area contributed by atoms with Crippen LogP contribution in [0.2, 0.25) is 0 Å². The van der Waals surface area contributed by atoms with E-state index in [1.54, 1.807) is 0 Å². The molecule has 2 fully saturated rings. The molecule has 2 aliphatic rings. The summed E-state index contributed by atoms with van der Waals surface area (Å²) >= 11 is 0. The van der Waals surface area contributed by atoms with Gasteiger partial charge in [0.25, 0.3) is 0 Å². The average Bonchev–Trinajstić information content (AvgIpc) is 2.16. The quantitative estimate of drug-likeness (QED) is 0.764. The summed E-state index contributed by atoms with van der Waals surface area (Å²) in [5.74, 6) is 1.84. The molecule has 88 valence electrons. The van der Waals surface area contributed by atoms with Crippen LogP contribution in [0.5, 0.6) is 0 Å². The van der Waals surface area contributed by atoms with Crippen LogP contribution in [-0.2, 0) is 0 Å². The lowest BCUT2D eigenvalue weighted by molar-refractivity contribution is 0.153. The lowest BCUT2D eigenvalue weighted by Crippen LogP contribution is -2.53. The van der Waals surface area contributed by atoms with E-state index in [-0.39, 0.29) is 0 Å². The van der Waals surface area contributed by atoms with Crippen LogP contribution < -0.4 is 5.32 Å². The predicted molar refractivity (Wildman–Crippen MR) is 65.0 cm³/mol. The Labute approximate surface area is 94.4 Å². The van der Waals surface area contributed by atoms with Crippen LogP contribution in [0.25, 0.3) is 0 Å². The standard InChI is InChI=1S/C13H26N2/c1-11(2)13-10-15(9-7-14-13)8-6-12-4-3-5-12/h11-14H,3-10H2,1-2H3. The third-order valence-electron chi connectivity index (χ3n) is 4.17. The van der Waals surface area contributed by atoms with Crippen LogP contribution in [0.1, 0.15) is 39.5 Å². The largest absolute Gasteiger partial charge is 0.311 e. The first kappa shape index (κ1) is 11.4. The molecule has 1 saturated heterocycles. The van der Waals surface area contributed by atoms with Crippen molar-refractivity contribution in [3.8, 4) is 0 Å². The van der Waals surface area contributed by atoms with Crippen LogP contribution in [0.3, 0.4) is 0 Å². The molecule has 0 amide bonds. The number of nitrogens with zero attached hydrogens (tertiary/aromatic N) is 1. The maximum atomic E-state index is 3.62. The van der Waals surface area contributed by atoms with E-state index in [4.69, 9.17) is 0 Å². The second-order valence-corrected chi connectivity index (χ2v) is 5.69. The highest BCUT2D eigenvalue weighted by Crippen LogP contribution is 2.29. The molecule has 0 aromatic rings. The Morgan fingerprint density at radius 2 is 2.13 bits per heavy atom. The van der Waals surface area contributed by atoms with Gasteiger partial charge in [-0.15, -0.1) is 0 Å². The SMILES string of the molecule is CC(C)C1CN(CCC2CCC2)CCN1. The summed E-state index contributed by atoms with van der Waals surface area (Å²) in [6, 6.07) is 0.722. The molecule has 2 nitrogen and oxygen atoms in total. The van der Waals surface area contributed by atoms with Gasteiger partial charge >= 0.3 is 0 Å². The van der Waals surface area contributed by atoms with Gasteiger partial charge in [-0.25, -0.2) is 0 Å². The van der Waals surface area contributed by atoms with E-state index in [0.29, 0.717) is 0 Å². The molecule has 2 heteroatoms. The van der Waals surface area contributed by atoms with Crippen molar-refractivity contribution < 1.29 is 0 Å². The fourth-order valence-electron chi connectivity index (χ4n) is 2.64. The minimum atomic E-state index is 0.722. The van der Waals surface area contributed by atoms with Gasteiger partial charge in [0, 0.05) is 25.7 Å². The van der Waals surface area contributed by atoms with Crippen molar-refractivity contribution in [2.45, 2.75) is 45.6 Å². The lowest BCUT2D eigenvalue weighted by atomic mass is 9.83. The molecule has 0 radical (unpaired) electrons. The molecule has 1 unspecified atom stereocenters.